The van der Waals surface area contributed by atoms with E-state index in [1.165, 1.54) is 0 Å². The van der Waals surface area contributed by atoms with E-state index in [9.17, 15) is 20.4 Å². The van der Waals surface area contributed by atoms with Crippen molar-refractivity contribution in [1.29, 1.82) is 0 Å². The summed E-state index contributed by atoms with van der Waals surface area (Å²) >= 11 is 0. The van der Waals surface area contributed by atoms with Crippen LogP contribution in [0.2, 0.25) is 0 Å². The molecular formula is C6H14N2O4. The molecule has 0 amide bonds. The van der Waals surface area contributed by atoms with Gasteiger partial charge in [0.2, 0.25) is 0 Å². The van der Waals surface area contributed by atoms with E-state index in [0.717, 1.165) is 0 Å². The van der Waals surface area contributed by atoms with Crippen molar-refractivity contribution in [2.45, 2.75) is 36.5 Å². The van der Waals surface area contributed by atoms with Crippen molar-refractivity contribution in [2.24, 2.45) is 11.5 Å². The lowest BCUT2D eigenvalue weighted by Gasteiger charge is -2.40. The topological polar surface area (TPSA) is 133 Å². The number of nitrogens with two attached hydrogens (primary N) is 2. The highest BCUT2D eigenvalue weighted by Crippen LogP contribution is 2.18. The summed E-state index contributed by atoms with van der Waals surface area (Å²) in [5, 5.41) is 36.7. The Morgan fingerprint density at radius 1 is 0.583 bits per heavy atom. The van der Waals surface area contributed by atoms with Crippen LogP contribution in [0.5, 0.6) is 0 Å². The molecule has 4 unspecified atom stereocenters. The fourth-order valence-electron chi connectivity index (χ4n) is 1.31. The van der Waals surface area contributed by atoms with Crippen LogP contribution in [-0.4, -0.2) is 56.9 Å². The van der Waals surface area contributed by atoms with Crippen molar-refractivity contribution < 1.29 is 20.4 Å². The molecule has 1 aliphatic rings. The molecule has 0 radical (unpaired) electrons. The zero-order chi connectivity index (χ0) is 9.46. The first kappa shape index (κ1) is 9.85. The molecule has 0 heterocycles. The smallest absolute Gasteiger partial charge is 0.0992 e. The van der Waals surface area contributed by atoms with Crippen LogP contribution in [0.4, 0.5) is 0 Å². The van der Waals surface area contributed by atoms with Crippen LogP contribution in [0.1, 0.15) is 0 Å². The van der Waals surface area contributed by atoms with E-state index in [1.54, 1.807) is 0 Å². The molecular weight excluding hydrogens is 164 g/mol. The van der Waals surface area contributed by atoms with E-state index < -0.39 is 36.5 Å². The van der Waals surface area contributed by atoms with Crippen LogP contribution in [0.3, 0.4) is 0 Å². The highest BCUT2D eigenvalue weighted by Gasteiger charge is 2.45. The molecule has 0 aromatic carbocycles. The van der Waals surface area contributed by atoms with Gasteiger partial charge in [-0.2, -0.15) is 0 Å². The zero-order valence-corrected chi connectivity index (χ0v) is 6.41. The van der Waals surface area contributed by atoms with Gasteiger partial charge in [0.05, 0.1) is 36.5 Å². The van der Waals surface area contributed by atoms with Gasteiger partial charge in [0.15, 0.2) is 0 Å². The third-order valence-electron chi connectivity index (χ3n) is 2.28. The van der Waals surface area contributed by atoms with Gasteiger partial charge >= 0.3 is 0 Å². The first-order chi connectivity index (χ1) is 5.46. The molecule has 72 valence electrons. The van der Waals surface area contributed by atoms with Gasteiger partial charge in [-0.3, -0.25) is 0 Å². The predicted octanol–water partition coefficient (Wildman–Crippen LogP) is -3.90. The highest BCUT2D eigenvalue weighted by atomic mass is 16.4. The Hall–Kier alpha value is -0.240. The molecule has 0 aromatic heterocycles. The summed E-state index contributed by atoms with van der Waals surface area (Å²) < 4.78 is 0. The Bertz CT molecular complexity index is 109. The molecule has 0 saturated heterocycles. The van der Waals surface area contributed by atoms with Crippen molar-refractivity contribution in [3.8, 4) is 0 Å². The summed E-state index contributed by atoms with van der Waals surface area (Å²) in [5.41, 5.74) is 10.6. The summed E-state index contributed by atoms with van der Waals surface area (Å²) in [6.45, 7) is 0. The van der Waals surface area contributed by atoms with Gasteiger partial charge in [-0.1, -0.05) is 0 Å². The number of rotatable bonds is 0. The minimum atomic E-state index is -1.29. The van der Waals surface area contributed by atoms with Gasteiger partial charge < -0.3 is 31.9 Å². The maximum absolute atomic E-state index is 9.18. The van der Waals surface area contributed by atoms with Crippen LogP contribution in [0.15, 0.2) is 0 Å². The van der Waals surface area contributed by atoms with E-state index in [4.69, 9.17) is 11.5 Å². The fraction of sp³-hybridized carbons (Fsp3) is 1.00. The van der Waals surface area contributed by atoms with Gasteiger partial charge in [-0.15, -0.1) is 0 Å². The summed E-state index contributed by atoms with van der Waals surface area (Å²) in [6.07, 6.45) is -5.17. The second-order valence-electron chi connectivity index (χ2n) is 3.12. The molecule has 6 nitrogen and oxygen atoms in total. The maximum atomic E-state index is 9.18. The second-order valence-corrected chi connectivity index (χ2v) is 3.12. The predicted molar refractivity (Wildman–Crippen MR) is 40.0 cm³/mol. The van der Waals surface area contributed by atoms with Crippen molar-refractivity contribution in [3.63, 3.8) is 0 Å². The molecule has 1 rings (SSSR count). The third-order valence-corrected chi connectivity index (χ3v) is 2.28. The molecule has 6 heteroatoms. The van der Waals surface area contributed by atoms with Gasteiger partial charge in [0, 0.05) is 0 Å². The normalized spacial score (nSPS) is 55.5. The van der Waals surface area contributed by atoms with Crippen molar-refractivity contribution in [1.82, 2.24) is 0 Å². The van der Waals surface area contributed by atoms with Gasteiger partial charge in [-0.25, -0.2) is 0 Å². The fourth-order valence-corrected chi connectivity index (χ4v) is 1.31. The van der Waals surface area contributed by atoms with Gasteiger partial charge in [-0.05, 0) is 0 Å². The van der Waals surface area contributed by atoms with Crippen LogP contribution < -0.4 is 11.5 Å². The Labute approximate surface area is 69.4 Å². The molecule has 1 fully saturated rings. The van der Waals surface area contributed by atoms with Crippen molar-refractivity contribution in [3.05, 3.63) is 0 Å². The van der Waals surface area contributed by atoms with Crippen molar-refractivity contribution in [2.75, 3.05) is 0 Å². The highest BCUT2D eigenvalue weighted by molar-refractivity contribution is 5.02. The molecule has 1 saturated carbocycles. The number of aliphatic hydroxyl groups is 4. The SMILES string of the molecule is NC1C(O)C(O)C(N)C(O)C1O. The molecule has 0 spiro atoms. The Kier molecular flexibility index (Phi) is 2.67. The largest absolute Gasteiger partial charge is 0.389 e. The van der Waals surface area contributed by atoms with Crippen LogP contribution in [-0.2, 0) is 0 Å². The quantitative estimate of drug-likeness (QED) is 0.224. The molecule has 0 aromatic rings. The first-order valence-corrected chi connectivity index (χ1v) is 3.70. The molecule has 0 aliphatic heterocycles. The van der Waals surface area contributed by atoms with E-state index >= 15 is 0 Å². The van der Waals surface area contributed by atoms with Crippen molar-refractivity contribution >= 4 is 0 Å². The Morgan fingerprint density at radius 2 is 0.750 bits per heavy atom. The monoisotopic (exact) mass is 178 g/mol. The molecule has 8 N–H and O–H groups in total. The first-order valence-electron chi connectivity index (χ1n) is 3.70. The lowest BCUT2D eigenvalue weighted by molar-refractivity contribution is -0.131. The molecule has 0 bridgehead atoms. The summed E-state index contributed by atoms with van der Waals surface area (Å²) in [6, 6.07) is -2.12. The second kappa shape index (κ2) is 3.25. The lowest BCUT2D eigenvalue weighted by Crippen LogP contribution is -2.68. The van der Waals surface area contributed by atoms with E-state index in [2.05, 4.69) is 0 Å². The zero-order valence-electron chi connectivity index (χ0n) is 6.41. The summed E-state index contributed by atoms with van der Waals surface area (Å²) in [4.78, 5) is 0. The number of hydrogen-bond donors (Lipinski definition) is 6. The maximum Gasteiger partial charge on any atom is 0.0992 e. The van der Waals surface area contributed by atoms with Gasteiger partial charge in [0.25, 0.3) is 0 Å². The average molecular weight is 178 g/mol. The minimum Gasteiger partial charge on any atom is -0.389 e. The number of aliphatic hydroxyl groups excluding tert-OH is 4. The Morgan fingerprint density at radius 3 is 0.917 bits per heavy atom. The third kappa shape index (κ3) is 1.33. The minimum absolute atomic E-state index is 1.06. The lowest BCUT2D eigenvalue weighted by atomic mass is 9.82. The molecule has 12 heavy (non-hydrogen) atoms. The molecule has 1 aliphatic carbocycles. The van der Waals surface area contributed by atoms with Gasteiger partial charge in [0.1, 0.15) is 0 Å². The number of hydrogen-bond acceptors (Lipinski definition) is 6. The van der Waals surface area contributed by atoms with Crippen LogP contribution in [0, 0.1) is 0 Å². The van der Waals surface area contributed by atoms with Crippen LogP contribution in [0.25, 0.3) is 0 Å². The van der Waals surface area contributed by atoms with E-state index in [0.29, 0.717) is 0 Å². The standard InChI is InChI=1S/C6H14N2O4/c7-1-3(9)5(11)2(8)6(12)4(1)10/h1-6,9-12H,7-8H2. The summed E-state index contributed by atoms with van der Waals surface area (Å²) in [7, 11) is 0. The Balaban J connectivity index is 2.76. The average Bonchev–Trinajstić information content (AvgIpc) is 2.08. The van der Waals surface area contributed by atoms with E-state index in [-0.39, 0.29) is 0 Å². The van der Waals surface area contributed by atoms with Crippen LogP contribution >= 0.6 is 0 Å². The summed E-state index contributed by atoms with van der Waals surface area (Å²) in [5.74, 6) is 0. The van der Waals surface area contributed by atoms with E-state index in [1.807, 2.05) is 0 Å². The molecule has 4 atom stereocenters.